The number of rotatable bonds is 0. The molecular weight excluding hydrogens is 244 g/mol. The second-order valence-electron chi connectivity index (χ2n) is 6.09. The first-order valence-corrected chi connectivity index (χ1v) is 7.26. The first-order valence-electron chi connectivity index (χ1n) is 7.26. The molecule has 0 N–H and O–H groups in total. The van der Waals surface area contributed by atoms with Crippen LogP contribution in [0.1, 0.15) is 23.0 Å². The van der Waals surface area contributed by atoms with Crippen molar-refractivity contribution in [3.8, 4) is 0 Å². The van der Waals surface area contributed by atoms with Gasteiger partial charge in [0, 0.05) is 23.7 Å². The molecule has 0 amide bonds. The summed E-state index contributed by atoms with van der Waals surface area (Å²) in [7, 11) is 0. The van der Waals surface area contributed by atoms with Crippen molar-refractivity contribution in [2.24, 2.45) is 11.8 Å². The van der Waals surface area contributed by atoms with E-state index in [1.807, 2.05) is 0 Å². The van der Waals surface area contributed by atoms with Crippen LogP contribution < -0.4 is 0 Å². The van der Waals surface area contributed by atoms with Gasteiger partial charge >= 0.3 is 0 Å². The van der Waals surface area contributed by atoms with E-state index in [2.05, 4.69) is 54.6 Å². The zero-order valence-corrected chi connectivity index (χ0v) is 11.0. The van der Waals surface area contributed by atoms with Crippen LogP contribution in [0.4, 0.5) is 0 Å². The Morgan fingerprint density at radius 3 is 2.35 bits per heavy atom. The molecule has 96 valence electrons. The van der Waals surface area contributed by atoms with E-state index >= 15 is 0 Å². The molecule has 2 aromatic rings. The molecule has 1 nitrogen and oxygen atoms in total. The molecular formula is C19H14O. The van der Waals surface area contributed by atoms with Crippen LogP contribution in [0, 0.1) is 11.8 Å². The van der Waals surface area contributed by atoms with E-state index in [-0.39, 0.29) is 11.7 Å². The molecule has 20 heavy (non-hydrogen) atoms. The monoisotopic (exact) mass is 258 g/mol. The molecule has 0 aliphatic heterocycles. The summed E-state index contributed by atoms with van der Waals surface area (Å²) in [4.78, 5) is 12.3. The molecule has 4 unspecified atom stereocenters. The summed E-state index contributed by atoms with van der Waals surface area (Å²) < 4.78 is 0. The van der Waals surface area contributed by atoms with Crippen LogP contribution in [-0.2, 0) is 4.79 Å². The Bertz CT molecular complexity index is 806. The van der Waals surface area contributed by atoms with Gasteiger partial charge in [0.15, 0.2) is 5.78 Å². The Labute approximate surface area is 117 Å². The standard InChI is InChI=1S/C19H14O/c20-16-10-8-12-7-9-13(16)19-15-6-2-4-11-3-1-5-14(17(11)15)18(12)19/h1-10,12-13,18-19H. The van der Waals surface area contributed by atoms with Crippen LogP contribution in [0.2, 0.25) is 0 Å². The van der Waals surface area contributed by atoms with E-state index < -0.39 is 0 Å². The van der Waals surface area contributed by atoms with E-state index in [0.29, 0.717) is 17.8 Å². The Kier molecular flexibility index (Phi) is 1.85. The second kappa shape index (κ2) is 3.49. The van der Waals surface area contributed by atoms with Crippen molar-refractivity contribution in [3.63, 3.8) is 0 Å². The minimum Gasteiger partial charge on any atom is -0.294 e. The smallest absolute Gasteiger partial charge is 0.162 e. The van der Waals surface area contributed by atoms with Crippen molar-refractivity contribution in [2.45, 2.75) is 11.8 Å². The molecule has 0 aromatic heterocycles. The van der Waals surface area contributed by atoms with Crippen LogP contribution in [0.3, 0.4) is 0 Å². The predicted molar refractivity (Wildman–Crippen MR) is 79.7 cm³/mol. The maximum Gasteiger partial charge on any atom is 0.162 e. The number of hydrogen-bond acceptors (Lipinski definition) is 1. The van der Waals surface area contributed by atoms with Crippen molar-refractivity contribution < 1.29 is 4.79 Å². The number of allylic oxidation sites excluding steroid dienone is 4. The van der Waals surface area contributed by atoms with Crippen LogP contribution in [0.5, 0.6) is 0 Å². The zero-order valence-electron chi connectivity index (χ0n) is 11.0. The number of fused-ring (bicyclic) bond motifs is 1. The average Bonchev–Trinajstić information content (AvgIpc) is 2.63. The molecule has 4 atom stereocenters. The topological polar surface area (TPSA) is 17.1 Å². The first-order chi connectivity index (χ1) is 9.84. The fourth-order valence-electron chi connectivity index (χ4n) is 4.47. The maximum atomic E-state index is 12.3. The van der Waals surface area contributed by atoms with Gasteiger partial charge in [-0.2, -0.15) is 0 Å². The normalized spacial score (nSPS) is 32.7. The summed E-state index contributed by atoms with van der Waals surface area (Å²) in [6, 6.07) is 13.1. The van der Waals surface area contributed by atoms with E-state index in [0.717, 1.165) is 0 Å². The van der Waals surface area contributed by atoms with Crippen molar-refractivity contribution in [1.29, 1.82) is 0 Å². The van der Waals surface area contributed by atoms with E-state index in [1.165, 1.54) is 21.9 Å². The van der Waals surface area contributed by atoms with Crippen LogP contribution in [0.25, 0.3) is 10.8 Å². The first kappa shape index (κ1) is 10.6. The summed E-state index contributed by atoms with van der Waals surface area (Å²) in [5, 5.41) is 2.70. The maximum absolute atomic E-state index is 12.3. The average molecular weight is 258 g/mol. The molecule has 2 bridgehead atoms. The molecule has 0 saturated carbocycles. The molecule has 4 aliphatic carbocycles. The third-order valence-electron chi connectivity index (χ3n) is 5.23. The minimum absolute atomic E-state index is 0.0213. The van der Waals surface area contributed by atoms with Gasteiger partial charge in [-0.1, -0.05) is 54.6 Å². The van der Waals surface area contributed by atoms with E-state index in [4.69, 9.17) is 0 Å². The number of carbonyl (C=O) groups excluding carboxylic acids is 1. The Morgan fingerprint density at radius 2 is 1.55 bits per heavy atom. The number of ketones is 1. The van der Waals surface area contributed by atoms with Crippen molar-refractivity contribution in [2.75, 3.05) is 0 Å². The van der Waals surface area contributed by atoms with Gasteiger partial charge in [-0.05, 0) is 28.0 Å². The quantitative estimate of drug-likeness (QED) is 0.654. The van der Waals surface area contributed by atoms with Gasteiger partial charge in [-0.15, -0.1) is 0 Å². The van der Waals surface area contributed by atoms with Crippen LogP contribution in [-0.4, -0.2) is 5.78 Å². The lowest BCUT2D eigenvalue weighted by Crippen LogP contribution is -2.25. The summed E-state index contributed by atoms with van der Waals surface area (Å²) in [5.41, 5.74) is 2.81. The Morgan fingerprint density at radius 1 is 0.800 bits per heavy atom. The number of benzene rings is 2. The van der Waals surface area contributed by atoms with Gasteiger partial charge < -0.3 is 0 Å². The van der Waals surface area contributed by atoms with Gasteiger partial charge in [0.1, 0.15) is 0 Å². The molecule has 0 heterocycles. The molecule has 6 rings (SSSR count). The van der Waals surface area contributed by atoms with Gasteiger partial charge in [0.25, 0.3) is 0 Å². The van der Waals surface area contributed by atoms with Gasteiger partial charge in [0.05, 0.1) is 0 Å². The highest BCUT2D eigenvalue weighted by Gasteiger charge is 2.46. The predicted octanol–water partition coefficient (Wildman–Crippen LogP) is 3.96. The number of carbonyl (C=O) groups is 1. The number of hydrogen-bond donors (Lipinski definition) is 0. The summed E-state index contributed by atoms with van der Waals surface area (Å²) in [6.45, 7) is 0. The van der Waals surface area contributed by atoms with Crippen molar-refractivity contribution in [1.82, 2.24) is 0 Å². The second-order valence-corrected chi connectivity index (χ2v) is 6.09. The lowest BCUT2D eigenvalue weighted by molar-refractivity contribution is -0.117. The van der Waals surface area contributed by atoms with E-state index in [1.54, 1.807) is 6.08 Å². The third kappa shape index (κ3) is 1.12. The highest BCUT2D eigenvalue weighted by Crippen LogP contribution is 2.57. The highest BCUT2D eigenvalue weighted by atomic mass is 16.1. The summed E-state index contributed by atoms with van der Waals surface area (Å²) >= 11 is 0. The van der Waals surface area contributed by atoms with Gasteiger partial charge in [-0.3, -0.25) is 4.79 Å². The largest absolute Gasteiger partial charge is 0.294 e. The van der Waals surface area contributed by atoms with Crippen molar-refractivity contribution >= 4 is 16.6 Å². The lowest BCUT2D eigenvalue weighted by atomic mass is 9.70. The summed E-state index contributed by atoms with van der Waals surface area (Å²) in [5.74, 6) is 1.41. The Hall–Kier alpha value is -2.15. The van der Waals surface area contributed by atoms with Gasteiger partial charge in [0.2, 0.25) is 0 Å². The molecule has 0 saturated heterocycles. The Balaban J connectivity index is 1.88. The fourth-order valence-corrected chi connectivity index (χ4v) is 4.47. The van der Waals surface area contributed by atoms with Crippen LogP contribution >= 0.6 is 0 Å². The molecule has 0 fully saturated rings. The molecule has 4 aliphatic rings. The molecule has 1 heteroatoms. The molecule has 0 radical (unpaired) electrons. The minimum atomic E-state index is 0.0213. The highest BCUT2D eigenvalue weighted by molar-refractivity contribution is 5.99. The SMILES string of the molecule is O=C1C=CC2C=CC1C1c3cccc4cccc(c34)C21. The lowest BCUT2D eigenvalue weighted by Gasteiger charge is -2.32. The van der Waals surface area contributed by atoms with Crippen LogP contribution in [0.15, 0.2) is 60.7 Å². The van der Waals surface area contributed by atoms with Crippen molar-refractivity contribution in [3.05, 3.63) is 71.8 Å². The fraction of sp³-hybridized carbons (Fsp3) is 0.211. The molecule has 0 spiro atoms. The third-order valence-corrected chi connectivity index (χ3v) is 5.23. The van der Waals surface area contributed by atoms with E-state index in [9.17, 15) is 4.79 Å². The zero-order chi connectivity index (χ0) is 13.3. The molecule has 2 aromatic carbocycles. The van der Waals surface area contributed by atoms with Gasteiger partial charge in [-0.25, -0.2) is 0 Å². The summed E-state index contributed by atoms with van der Waals surface area (Å²) in [6.07, 6.45) is 8.28.